The van der Waals surface area contributed by atoms with Crippen LogP contribution in [0.15, 0.2) is 36.5 Å². The van der Waals surface area contributed by atoms with Gasteiger partial charge in [0.1, 0.15) is 5.75 Å². The van der Waals surface area contributed by atoms with Gasteiger partial charge in [-0.1, -0.05) is 12.1 Å². The van der Waals surface area contributed by atoms with Crippen molar-refractivity contribution in [3.8, 4) is 5.75 Å². The standard InChI is InChI=1S/C16H23N3O/c1-12(2)19-9-8-15(18-19)11-14(17)10-13-4-6-16(20-3)7-5-13/h4-9,12,14H,10-11,17H2,1-3H3. The third-order valence-corrected chi connectivity index (χ3v) is 3.32. The molecule has 4 nitrogen and oxygen atoms in total. The van der Waals surface area contributed by atoms with Crippen LogP contribution in [0.4, 0.5) is 0 Å². The molecule has 1 atom stereocenters. The van der Waals surface area contributed by atoms with Crippen molar-refractivity contribution in [3.63, 3.8) is 0 Å². The van der Waals surface area contributed by atoms with Crippen molar-refractivity contribution in [2.45, 2.75) is 38.8 Å². The molecule has 0 saturated carbocycles. The van der Waals surface area contributed by atoms with E-state index in [9.17, 15) is 0 Å². The molecule has 1 aromatic carbocycles. The van der Waals surface area contributed by atoms with Crippen LogP contribution < -0.4 is 10.5 Å². The van der Waals surface area contributed by atoms with Crippen molar-refractivity contribution in [2.24, 2.45) is 5.73 Å². The molecule has 0 aliphatic rings. The van der Waals surface area contributed by atoms with E-state index in [1.807, 2.05) is 29.1 Å². The minimum absolute atomic E-state index is 0.0823. The molecule has 0 saturated heterocycles. The summed E-state index contributed by atoms with van der Waals surface area (Å²) in [6, 6.07) is 10.6. The minimum atomic E-state index is 0.0823. The highest BCUT2D eigenvalue weighted by Crippen LogP contribution is 2.13. The molecule has 0 radical (unpaired) electrons. The fourth-order valence-corrected chi connectivity index (χ4v) is 2.18. The lowest BCUT2D eigenvalue weighted by atomic mass is 10.0. The number of rotatable bonds is 6. The Balaban J connectivity index is 1.92. The Kier molecular flexibility index (Phi) is 4.79. The van der Waals surface area contributed by atoms with Gasteiger partial charge in [-0.05, 0) is 44.0 Å². The van der Waals surface area contributed by atoms with E-state index in [0.29, 0.717) is 6.04 Å². The number of benzene rings is 1. The van der Waals surface area contributed by atoms with Crippen molar-refractivity contribution in [2.75, 3.05) is 7.11 Å². The number of methoxy groups -OCH3 is 1. The van der Waals surface area contributed by atoms with Crippen molar-refractivity contribution in [1.82, 2.24) is 9.78 Å². The lowest BCUT2D eigenvalue weighted by Crippen LogP contribution is -2.25. The summed E-state index contributed by atoms with van der Waals surface area (Å²) in [5.41, 5.74) is 8.49. The van der Waals surface area contributed by atoms with Crippen LogP contribution in [0.3, 0.4) is 0 Å². The Labute approximate surface area is 120 Å². The molecule has 1 aromatic heterocycles. The average molecular weight is 273 g/mol. The normalized spacial score (nSPS) is 12.7. The molecular weight excluding hydrogens is 250 g/mol. The SMILES string of the molecule is COc1ccc(CC(N)Cc2ccn(C(C)C)n2)cc1. The molecule has 0 amide bonds. The highest BCUT2D eigenvalue weighted by Gasteiger charge is 2.09. The second kappa shape index (κ2) is 6.57. The Bertz CT molecular complexity index is 531. The zero-order chi connectivity index (χ0) is 14.5. The molecule has 4 heteroatoms. The first-order valence-corrected chi connectivity index (χ1v) is 7.01. The van der Waals surface area contributed by atoms with Gasteiger partial charge in [0.15, 0.2) is 0 Å². The van der Waals surface area contributed by atoms with E-state index in [0.717, 1.165) is 24.3 Å². The zero-order valence-electron chi connectivity index (χ0n) is 12.4. The minimum Gasteiger partial charge on any atom is -0.497 e. The summed E-state index contributed by atoms with van der Waals surface area (Å²) in [6.07, 6.45) is 3.66. The molecule has 1 unspecified atom stereocenters. The molecule has 108 valence electrons. The number of ether oxygens (including phenoxy) is 1. The Morgan fingerprint density at radius 2 is 1.85 bits per heavy atom. The maximum absolute atomic E-state index is 6.21. The highest BCUT2D eigenvalue weighted by molar-refractivity contribution is 5.27. The van der Waals surface area contributed by atoms with Crippen LogP contribution in [-0.4, -0.2) is 22.9 Å². The van der Waals surface area contributed by atoms with Gasteiger partial charge in [0.05, 0.1) is 12.8 Å². The number of aromatic nitrogens is 2. The van der Waals surface area contributed by atoms with E-state index in [-0.39, 0.29) is 6.04 Å². The van der Waals surface area contributed by atoms with E-state index in [1.54, 1.807) is 7.11 Å². The van der Waals surface area contributed by atoms with E-state index in [4.69, 9.17) is 10.5 Å². The first kappa shape index (κ1) is 14.6. The fourth-order valence-electron chi connectivity index (χ4n) is 2.18. The van der Waals surface area contributed by atoms with Gasteiger partial charge in [-0.25, -0.2) is 0 Å². The van der Waals surface area contributed by atoms with Gasteiger partial charge in [0, 0.05) is 24.7 Å². The molecule has 2 rings (SSSR count). The van der Waals surface area contributed by atoms with Crippen LogP contribution in [0, 0.1) is 0 Å². The first-order chi connectivity index (χ1) is 9.58. The van der Waals surface area contributed by atoms with Crippen LogP contribution >= 0.6 is 0 Å². The van der Waals surface area contributed by atoms with Crippen molar-refractivity contribution in [1.29, 1.82) is 0 Å². The van der Waals surface area contributed by atoms with Gasteiger partial charge < -0.3 is 10.5 Å². The van der Waals surface area contributed by atoms with Gasteiger partial charge in [0.25, 0.3) is 0 Å². The van der Waals surface area contributed by atoms with Crippen molar-refractivity contribution < 1.29 is 4.74 Å². The summed E-state index contributed by atoms with van der Waals surface area (Å²) < 4.78 is 7.12. The largest absolute Gasteiger partial charge is 0.497 e. The maximum atomic E-state index is 6.21. The number of nitrogens with zero attached hydrogens (tertiary/aromatic N) is 2. The summed E-state index contributed by atoms with van der Waals surface area (Å²) in [5.74, 6) is 0.873. The van der Waals surface area contributed by atoms with Crippen LogP contribution in [0.5, 0.6) is 5.75 Å². The second-order valence-corrected chi connectivity index (χ2v) is 5.40. The summed E-state index contributed by atoms with van der Waals surface area (Å²) in [7, 11) is 1.67. The van der Waals surface area contributed by atoms with Crippen LogP contribution in [-0.2, 0) is 12.8 Å². The molecule has 1 heterocycles. The third-order valence-electron chi connectivity index (χ3n) is 3.32. The molecule has 2 aromatic rings. The van der Waals surface area contributed by atoms with Crippen molar-refractivity contribution >= 4 is 0 Å². The molecule has 0 bridgehead atoms. The van der Waals surface area contributed by atoms with Gasteiger partial charge >= 0.3 is 0 Å². The van der Waals surface area contributed by atoms with Gasteiger partial charge in [-0.2, -0.15) is 5.10 Å². The third kappa shape index (κ3) is 3.84. The van der Waals surface area contributed by atoms with Crippen LogP contribution in [0.25, 0.3) is 0 Å². The lowest BCUT2D eigenvalue weighted by Gasteiger charge is -2.11. The predicted molar refractivity (Wildman–Crippen MR) is 81.0 cm³/mol. The molecule has 2 N–H and O–H groups in total. The van der Waals surface area contributed by atoms with Gasteiger partial charge in [-0.3, -0.25) is 4.68 Å². The Morgan fingerprint density at radius 1 is 1.15 bits per heavy atom. The lowest BCUT2D eigenvalue weighted by molar-refractivity contribution is 0.414. The summed E-state index contributed by atoms with van der Waals surface area (Å²) in [6.45, 7) is 4.24. The maximum Gasteiger partial charge on any atom is 0.118 e. The van der Waals surface area contributed by atoms with Gasteiger partial charge in [-0.15, -0.1) is 0 Å². The second-order valence-electron chi connectivity index (χ2n) is 5.40. The van der Waals surface area contributed by atoms with E-state index in [2.05, 4.69) is 31.1 Å². The van der Waals surface area contributed by atoms with Crippen LogP contribution in [0.1, 0.15) is 31.1 Å². The highest BCUT2D eigenvalue weighted by atomic mass is 16.5. The van der Waals surface area contributed by atoms with E-state index in [1.165, 1.54) is 5.56 Å². The molecule has 0 aliphatic carbocycles. The quantitative estimate of drug-likeness (QED) is 0.880. The number of hydrogen-bond donors (Lipinski definition) is 1. The molecule has 0 fully saturated rings. The van der Waals surface area contributed by atoms with E-state index < -0.39 is 0 Å². The zero-order valence-corrected chi connectivity index (χ0v) is 12.4. The first-order valence-electron chi connectivity index (χ1n) is 7.01. The molecular formula is C16H23N3O. The summed E-state index contributed by atoms with van der Waals surface area (Å²) >= 11 is 0. The Morgan fingerprint density at radius 3 is 2.40 bits per heavy atom. The molecule has 0 spiro atoms. The molecule has 20 heavy (non-hydrogen) atoms. The molecule has 0 aliphatic heterocycles. The monoisotopic (exact) mass is 273 g/mol. The Hall–Kier alpha value is -1.81. The predicted octanol–water partition coefficient (Wildman–Crippen LogP) is 2.59. The topological polar surface area (TPSA) is 53.1 Å². The summed E-state index contributed by atoms with van der Waals surface area (Å²) in [4.78, 5) is 0. The number of nitrogens with two attached hydrogens (primary N) is 1. The fraction of sp³-hybridized carbons (Fsp3) is 0.438. The van der Waals surface area contributed by atoms with Crippen molar-refractivity contribution in [3.05, 3.63) is 47.8 Å². The summed E-state index contributed by atoms with van der Waals surface area (Å²) in [5, 5.41) is 4.54. The van der Waals surface area contributed by atoms with Crippen LogP contribution in [0.2, 0.25) is 0 Å². The number of hydrogen-bond acceptors (Lipinski definition) is 3. The average Bonchev–Trinajstić information content (AvgIpc) is 2.88. The van der Waals surface area contributed by atoms with E-state index >= 15 is 0 Å². The smallest absolute Gasteiger partial charge is 0.118 e. The van der Waals surface area contributed by atoms with Gasteiger partial charge in [0.2, 0.25) is 0 Å².